The van der Waals surface area contributed by atoms with Gasteiger partial charge >= 0.3 is 6.03 Å². The van der Waals surface area contributed by atoms with Crippen molar-refractivity contribution in [2.75, 3.05) is 38.7 Å². The fourth-order valence-corrected chi connectivity index (χ4v) is 3.96. The number of ether oxygens (including phenoxy) is 1. The van der Waals surface area contributed by atoms with E-state index in [-0.39, 0.29) is 17.9 Å². The molecule has 1 fully saturated rings. The number of aromatic nitrogens is 2. The molecule has 1 aliphatic rings. The zero-order valence-corrected chi connectivity index (χ0v) is 16.7. The molecule has 0 radical (unpaired) electrons. The maximum Gasteiger partial charge on any atom is 0.317 e. The molecule has 3 rings (SSSR count). The second-order valence-electron chi connectivity index (χ2n) is 6.61. The summed E-state index contributed by atoms with van der Waals surface area (Å²) in [5.74, 6) is -0.0175. The monoisotopic (exact) mass is 403 g/mol. The maximum absolute atomic E-state index is 12.3. The summed E-state index contributed by atoms with van der Waals surface area (Å²) in [6.45, 7) is 2.60. The van der Waals surface area contributed by atoms with Gasteiger partial charge in [0.15, 0.2) is 0 Å². The Morgan fingerprint density at radius 2 is 1.96 bits per heavy atom. The summed E-state index contributed by atoms with van der Waals surface area (Å²) in [6, 6.07) is 9.25. The number of rotatable bonds is 7. The number of carbonyl (C=O) groups excluding carboxylic acids is 2. The average molecular weight is 404 g/mol. The van der Waals surface area contributed by atoms with Crippen LogP contribution in [0.3, 0.4) is 0 Å². The van der Waals surface area contributed by atoms with Crippen LogP contribution in [0.25, 0.3) is 0 Å². The largest absolute Gasteiger partial charge is 0.385 e. The lowest BCUT2D eigenvalue weighted by Crippen LogP contribution is -2.44. The van der Waals surface area contributed by atoms with Gasteiger partial charge in [0, 0.05) is 45.0 Å². The molecule has 1 saturated heterocycles. The molecule has 1 aliphatic heterocycles. The van der Waals surface area contributed by atoms with Crippen LogP contribution in [0.15, 0.2) is 30.3 Å². The Kier molecular flexibility index (Phi) is 7.32. The first-order valence-electron chi connectivity index (χ1n) is 9.39. The molecule has 2 aromatic rings. The van der Waals surface area contributed by atoms with Crippen molar-refractivity contribution in [2.24, 2.45) is 0 Å². The average Bonchev–Trinajstić information content (AvgIpc) is 3.22. The van der Waals surface area contributed by atoms with Crippen LogP contribution < -0.4 is 10.6 Å². The molecule has 3 amide bonds. The van der Waals surface area contributed by atoms with Gasteiger partial charge in [0.25, 0.3) is 5.91 Å². The fraction of sp³-hybridized carbons (Fsp3) is 0.474. The van der Waals surface area contributed by atoms with E-state index in [4.69, 9.17) is 4.74 Å². The van der Waals surface area contributed by atoms with Crippen molar-refractivity contribution in [1.82, 2.24) is 20.4 Å². The quantitative estimate of drug-likeness (QED) is 0.693. The third kappa shape index (κ3) is 5.49. The van der Waals surface area contributed by atoms with E-state index in [0.29, 0.717) is 31.2 Å². The van der Waals surface area contributed by atoms with Crippen molar-refractivity contribution in [3.63, 3.8) is 0 Å². The van der Waals surface area contributed by atoms with E-state index in [0.717, 1.165) is 30.0 Å². The highest BCUT2D eigenvalue weighted by atomic mass is 32.1. The van der Waals surface area contributed by atoms with Crippen molar-refractivity contribution in [1.29, 1.82) is 0 Å². The Balaban J connectivity index is 1.47. The van der Waals surface area contributed by atoms with Crippen LogP contribution in [0, 0.1) is 0 Å². The minimum Gasteiger partial charge on any atom is -0.385 e. The van der Waals surface area contributed by atoms with E-state index in [1.807, 2.05) is 35.2 Å². The predicted molar refractivity (Wildman–Crippen MR) is 108 cm³/mol. The fourth-order valence-electron chi connectivity index (χ4n) is 3.05. The molecule has 1 aromatic carbocycles. The van der Waals surface area contributed by atoms with Gasteiger partial charge in [-0.3, -0.25) is 4.79 Å². The molecule has 8 nitrogen and oxygen atoms in total. The summed E-state index contributed by atoms with van der Waals surface area (Å²) < 4.78 is 4.98. The van der Waals surface area contributed by atoms with Crippen molar-refractivity contribution in [2.45, 2.75) is 25.2 Å². The number of likely N-dealkylation sites (tertiary alicyclic amines) is 1. The zero-order chi connectivity index (χ0) is 19.8. The summed E-state index contributed by atoms with van der Waals surface area (Å²) in [5, 5.41) is 15.2. The number of hydrogen-bond donors (Lipinski definition) is 2. The minimum atomic E-state index is -0.247. The van der Waals surface area contributed by atoms with Crippen LogP contribution in [-0.4, -0.2) is 60.4 Å². The standard InChI is InChI=1S/C19H25N5O3S/c1-27-13-5-10-20-19(26)24-11-8-14(9-12-24)17-22-23-18(28-17)16(25)21-15-6-3-2-4-7-15/h2-4,6-7,14H,5,8-13H2,1H3,(H,20,26)(H,21,25). The highest BCUT2D eigenvalue weighted by Gasteiger charge is 2.27. The number of urea groups is 1. The number of carbonyl (C=O) groups is 2. The number of anilines is 1. The van der Waals surface area contributed by atoms with Crippen LogP contribution in [-0.2, 0) is 4.74 Å². The van der Waals surface area contributed by atoms with Gasteiger partial charge in [0.2, 0.25) is 5.01 Å². The van der Waals surface area contributed by atoms with Gasteiger partial charge in [0.1, 0.15) is 5.01 Å². The first-order chi connectivity index (χ1) is 13.7. The summed E-state index contributed by atoms with van der Waals surface area (Å²) >= 11 is 1.33. The number of nitrogens with one attached hydrogen (secondary N) is 2. The second kappa shape index (κ2) is 10.1. The molecule has 2 N–H and O–H groups in total. The second-order valence-corrected chi connectivity index (χ2v) is 7.61. The molecule has 0 atom stereocenters. The van der Waals surface area contributed by atoms with Gasteiger partial charge < -0.3 is 20.3 Å². The molecule has 28 heavy (non-hydrogen) atoms. The Labute approximate surface area is 168 Å². The molecule has 2 heterocycles. The van der Waals surface area contributed by atoms with Gasteiger partial charge in [0.05, 0.1) is 0 Å². The van der Waals surface area contributed by atoms with Crippen LogP contribution in [0.5, 0.6) is 0 Å². The van der Waals surface area contributed by atoms with E-state index in [1.165, 1.54) is 11.3 Å². The van der Waals surface area contributed by atoms with Gasteiger partial charge in [-0.1, -0.05) is 29.5 Å². The summed E-state index contributed by atoms with van der Waals surface area (Å²) in [4.78, 5) is 26.3. The maximum atomic E-state index is 12.3. The highest BCUT2D eigenvalue weighted by molar-refractivity contribution is 7.13. The van der Waals surface area contributed by atoms with Gasteiger partial charge in [-0.2, -0.15) is 0 Å². The smallest absolute Gasteiger partial charge is 0.317 e. The number of amides is 3. The first kappa shape index (κ1) is 20.2. The van der Waals surface area contributed by atoms with Crippen molar-refractivity contribution < 1.29 is 14.3 Å². The van der Waals surface area contributed by atoms with Gasteiger partial charge in [-0.05, 0) is 31.4 Å². The minimum absolute atomic E-state index is 0.0326. The zero-order valence-electron chi connectivity index (χ0n) is 15.9. The number of benzene rings is 1. The molecular weight excluding hydrogens is 378 g/mol. The Bertz CT molecular complexity index is 775. The molecule has 9 heteroatoms. The van der Waals surface area contributed by atoms with Crippen LogP contribution >= 0.6 is 11.3 Å². The van der Waals surface area contributed by atoms with Crippen molar-refractivity contribution in [3.05, 3.63) is 40.3 Å². The van der Waals surface area contributed by atoms with E-state index in [9.17, 15) is 9.59 Å². The SMILES string of the molecule is COCCCNC(=O)N1CCC(c2nnc(C(=O)Nc3ccccc3)s2)CC1. The molecule has 0 saturated carbocycles. The first-order valence-corrected chi connectivity index (χ1v) is 10.2. The van der Waals surface area contributed by atoms with Gasteiger partial charge in [-0.25, -0.2) is 4.79 Å². The third-order valence-corrected chi connectivity index (χ3v) is 5.68. The third-order valence-electron chi connectivity index (χ3n) is 4.60. The van der Waals surface area contributed by atoms with Gasteiger partial charge in [-0.15, -0.1) is 10.2 Å². The molecule has 0 spiro atoms. The Morgan fingerprint density at radius 1 is 1.21 bits per heavy atom. The van der Waals surface area contributed by atoms with Crippen LogP contribution in [0.2, 0.25) is 0 Å². The molecule has 0 aliphatic carbocycles. The van der Waals surface area contributed by atoms with Crippen LogP contribution in [0.1, 0.15) is 40.0 Å². The van der Waals surface area contributed by atoms with E-state index >= 15 is 0 Å². The highest BCUT2D eigenvalue weighted by Crippen LogP contribution is 2.30. The predicted octanol–water partition coefficient (Wildman–Crippen LogP) is 2.72. The number of methoxy groups -OCH3 is 1. The van der Waals surface area contributed by atoms with E-state index < -0.39 is 0 Å². The lowest BCUT2D eigenvalue weighted by Gasteiger charge is -2.30. The lowest BCUT2D eigenvalue weighted by molar-refractivity contribution is 0.102. The Hall–Kier alpha value is -2.52. The Morgan fingerprint density at radius 3 is 2.68 bits per heavy atom. The number of hydrogen-bond acceptors (Lipinski definition) is 6. The number of piperidine rings is 1. The normalized spacial score (nSPS) is 14.7. The van der Waals surface area contributed by atoms with E-state index in [1.54, 1.807) is 7.11 Å². The molecule has 0 bridgehead atoms. The van der Waals surface area contributed by atoms with Crippen molar-refractivity contribution in [3.8, 4) is 0 Å². The number of para-hydroxylation sites is 1. The number of nitrogens with zero attached hydrogens (tertiary/aromatic N) is 3. The van der Waals surface area contributed by atoms with Crippen LogP contribution in [0.4, 0.5) is 10.5 Å². The van der Waals surface area contributed by atoms with E-state index in [2.05, 4.69) is 20.8 Å². The molecule has 150 valence electrons. The molecule has 0 unspecified atom stereocenters. The molecule has 1 aromatic heterocycles. The summed E-state index contributed by atoms with van der Waals surface area (Å²) in [6.07, 6.45) is 2.44. The lowest BCUT2D eigenvalue weighted by atomic mass is 9.98. The topological polar surface area (TPSA) is 96.4 Å². The molecular formula is C19H25N5O3S. The summed E-state index contributed by atoms with van der Waals surface area (Å²) in [7, 11) is 1.65. The summed E-state index contributed by atoms with van der Waals surface area (Å²) in [5.41, 5.74) is 0.731. The van der Waals surface area contributed by atoms with Crippen molar-refractivity contribution >= 4 is 29.0 Å².